The summed E-state index contributed by atoms with van der Waals surface area (Å²) < 4.78 is 5.51. The van der Waals surface area contributed by atoms with Crippen LogP contribution in [-0.4, -0.2) is 35.2 Å². The molecule has 20 heavy (non-hydrogen) atoms. The summed E-state index contributed by atoms with van der Waals surface area (Å²) in [5, 5.41) is 19.0. The minimum Gasteiger partial charge on any atom is -0.510 e. The Morgan fingerprint density at radius 2 is 2.35 bits per heavy atom. The molecule has 3 rings (SSSR count). The molecule has 1 fully saturated rings. The van der Waals surface area contributed by atoms with Crippen molar-refractivity contribution in [1.82, 2.24) is 4.90 Å². The van der Waals surface area contributed by atoms with Crippen molar-refractivity contribution in [3.05, 3.63) is 40.1 Å². The maximum Gasteiger partial charge on any atom is 0.293 e. The van der Waals surface area contributed by atoms with Crippen LogP contribution < -0.4 is 0 Å². The molecule has 0 saturated carbocycles. The summed E-state index contributed by atoms with van der Waals surface area (Å²) in [6.45, 7) is 2.79. The number of amidine groups is 1. The maximum atomic E-state index is 9.68. The van der Waals surface area contributed by atoms with Gasteiger partial charge in [0.2, 0.25) is 0 Å². The van der Waals surface area contributed by atoms with E-state index >= 15 is 0 Å². The number of nitriles is 1. The Balaban J connectivity index is 1.95. The van der Waals surface area contributed by atoms with Crippen LogP contribution in [0.4, 0.5) is 5.69 Å². The van der Waals surface area contributed by atoms with Crippen LogP contribution in [0.5, 0.6) is 0 Å². The van der Waals surface area contributed by atoms with Crippen molar-refractivity contribution in [1.29, 1.82) is 5.26 Å². The lowest BCUT2D eigenvalue weighted by molar-refractivity contribution is 0.283. The predicted octanol–water partition coefficient (Wildman–Crippen LogP) is 2.66. The molecule has 0 aliphatic carbocycles. The third-order valence-corrected chi connectivity index (χ3v) is 4.01. The highest BCUT2D eigenvalue weighted by Gasteiger charge is 2.37. The van der Waals surface area contributed by atoms with E-state index in [-0.39, 0.29) is 6.04 Å². The van der Waals surface area contributed by atoms with Crippen LogP contribution in [0.25, 0.3) is 0 Å². The Kier molecular flexibility index (Phi) is 3.03. The molecule has 0 amide bonds. The van der Waals surface area contributed by atoms with Gasteiger partial charge >= 0.3 is 0 Å². The lowest BCUT2D eigenvalue weighted by Gasteiger charge is -2.14. The van der Waals surface area contributed by atoms with E-state index in [1.165, 1.54) is 0 Å². The minimum absolute atomic E-state index is 0.136. The van der Waals surface area contributed by atoms with Gasteiger partial charge in [-0.05, 0) is 30.7 Å². The topological polar surface area (TPSA) is 68.8 Å². The normalized spacial score (nSPS) is 22.4. The smallest absolute Gasteiger partial charge is 0.293 e. The van der Waals surface area contributed by atoms with Crippen molar-refractivity contribution < 1.29 is 9.84 Å². The van der Waals surface area contributed by atoms with Gasteiger partial charge in [0.05, 0.1) is 16.3 Å². The van der Waals surface area contributed by atoms with Crippen molar-refractivity contribution in [2.24, 2.45) is 4.99 Å². The van der Waals surface area contributed by atoms with Gasteiger partial charge < -0.3 is 14.7 Å². The van der Waals surface area contributed by atoms with Crippen molar-refractivity contribution in [3.8, 4) is 6.07 Å². The predicted molar refractivity (Wildman–Crippen MR) is 75.2 cm³/mol. The molecule has 5 nitrogen and oxygen atoms in total. The number of nitrogens with zero attached hydrogens (tertiary/aromatic N) is 3. The zero-order chi connectivity index (χ0) is 14.3. The number of hydrogen-bond acceptors (Lipinski definition) is 4. The van der Waals surface area contributed by atoms with Crippen molar-refractivity contribution in [2.75, 3.05) is 13.2 Å². The van der Waals surface area contributed by atoms with Gasteiger partial charge in [0.15, 0.2) is 0 Å². The number of ether oxygens (including phenoxy) is 1. The molecule has 2 heterocycles. The van der Waals surface area contributed by atoms with Crippen LogP contribution in [0.1, 0.15) is 11.1 Å². The van der Waals surface area contributed by atoms with Gasteiger partial charge in [-0.1, -0.05) is 11.6 Å². The van der Waals surface area contributed by atoms with E-state index in [0.29, 0.717) is 41.2 Å². The number of aliphatic hydroxyl groups excluding tert-OH is 1. The number of rotatable bonds is 1. The Morgan fingerprint density at radius 1 is 1.55 bits per heavy atom. The van der Waals surface area contributed by atoms with Gasteiger partial charge in [0.25, 0.3) is 6.02 Å². The molecule has 1 saturated heterocycles. The largest absolute Gasteiger partial charge is 0.510 e. The average Bonchev–Trinajstić information content (AvgIpc) is 3.00. The Bertz CT molecular complexity index is 676. The van der Waals surface area contributed by atoms with E-state index in [0.717, 1.165) is 5.56 Å². The van der Waals surface area contributed by atoms with E-state index in [9.17, 15) is 5.11 Å². The summed E-state index contributed by atoms with van der Waals surface area (Å²) in [5.41, 5.74) is 1.83. The summed E-state index contributed by atoms with van der Waals surface area (Å²) in [6.07, 6.45) is 1.75. The highest BCUT2D eigenvalue weighted by molar-refractivity contribution is 6.32. The van der Waals surface area contributed by atoms with Crippen LogP contribution in [0.15, 0.2) is 29.0 Å². The molecule has 2 aliphatic rings. The maximum absolute atomic E-state index is 9.68. The van der Waals surface area contributed by atoms with Gasteiger partial charge in [0, 0.05) is 6.54 Å². The number of hydrogen-bond donors (Lipinski definition) is 1. The highest BCUT2D eigenvalue weighted by Crippen LogP contribution is 2.31. The fourth-order valence-electron chi connectivity index (χ4n) is 2.32. The van der Waals surface area contributed by atoms with Crippen molar-refractivity contribution in [3.63, 3.8) is 0 Å². The van der Waals surface area contributed by atoms with Crippen LogP contribution >= 0.6 is 11.6 Å². The van der Waals surface area contributed by atoms with Crippen LogP contribution in [0.3, 0.4) is 0 Å². The zero-order valence-corrected chi connectivity index (χ0v) is 11.6. The lowest BCUT2D eigenvalue weighted by Crippen LogP contribution is -2.30. The Hall–Kier alpha value is -2.19. The average molecular weight is 290 g/mol. The highest BCUT2D eigenvalue weighted by atomic mass is 35.5. The number of benzene rings is 1. The first-order valence-corrected chi connectivity index (χ1v) is 6.56. The molecule has 6 heteroatoms. The first kappa shape index (κ1) is 12.8. The quantitative estimate of drug-likeness (QED) is 0.863. The second-order valence-corrected chi connectivity index (χ2v) is 5.06. The molecule has 0 unspecified atom stereocenters. The molecule has 0 aromatic heterocycles. The van der Waals surface area contributed by atoms with E-state index in [2.05, 4.69) is 4.99 Å². The monoisotopic (exact) mass is 289 g/mol. The van der Waals surface area contributed by atoms with E-state index < -0.39 is 0 Å². The number of aliphatic imine (C=N–C) groups is 1. The third kappa shape index (κ3) is 1.89. The third-order valence-electron chi connectivity index (χ3n) is 3.53. The summed E-state index contributed by atoms with van der Waals surface area (Å²) in [7, 11) is 0. The molecule has 0 bridgehead atoms. The standard InChI is InChI=1S/C14H12ClN3O2/c1-8-10(3-2-9(6-16)13(8)15)17-14-18-5-4-12(19)11(18)7-20-14/h2-4,11,19H,5,7H2,1H3/t11-/m1/s1. The molecule has 0 spiro atoms. The molecule has 0 radical (unpaired) electrons. The van der Waals surface area contributed by atoms with Gasteiger partial charge in [0.1, 0.15) is 24.5 Å². The molecule has 1 N–H and O–H groups in total. The second kappa shape index (κ2) is 4.73. The molecule has 2 aliphatic heterocycles. The Morgan fingerprint density at radius 3 is 3.10 bits per heavy atom. The first-order valence-electron chi connectivity index (χ1n) is 6.18. The van der Waals surface area contributed by atoms with Gasteiger partial charge in [-0.2, -0.15) is 10.3 Å². The van der Waals surface area contributed by atoms with Crippen LogP contribution in [0.2, 0.25) is 5.02 Å². The van der Waals surface area contributed by atoms with Crippen molar-refractivity contribution in [2.45, 2.75) is 13.0 Å². The van der Waals surface area contributed by atoms with E-state index in [1.54, 1.807) is 18.2 Å². The van der Waals surface area contributed by atoms with E-state index in [1.807, 2.05) is 17.9 Å². The number of fused-ring (bicyclic) bond motifs is 1. The van der Waals surface area contributed by atoms with Gasteiger partial charge in [-0.15, -0.1) is 0 Å². The van der Waals surface area contributed by atoms with Gasteiger partial charge in [-0.25, -0.2) is 0 Å². The Labute approximate surface area is 121 Å². The minimum atomic E-state index is -0.136. The number of halogens is 1. The summed E-state index contributed by atoms with van der Waals surface area (Å²) in [4.78, 5) is 6.34. The summed E-state index contributed by atoms with van der Waals surface area (Å²) in [5.74, 6) is 0.324. The molecule has 1 aromatic carbocycles. The summed E-state index contributed by atoms with van der Waals surface area (Å²) >= 11 is 6.12. The molecule has 102 valence electrons. The molecule has 1 atom stereocenters. The molecular formula is C14H12ClN3O2. The fourth-order valence-corrected chi connectivity index (χ4v) is 2.52. The zero-order valence-electron chi connectivity index (χ0n) is 10.8. The molecular weight excluding hydrogens is 278 g/mol. The summed E-state index contributed by atoms with van der Waals surface area (Å²) in [6, 6.07) is 5.75. The second-order valence-electron chi connectivity index (χ2n) is 4.69. The van der Waals surface area contributed by atoms with Crippen LogP contribution in [-0.2, 0) is 4.74 Å². The van der Waals surface area contributed by atoms with Crippen molar-refractivity contribution >= 4 is 23.3 Å². The fraction of sp³-hybridized carbons (Fsp3) is 0.286. The van der Waals surface area contributed by atoms with Crippen LogP contribution in [0, 0.1) is 18.3 Å². The SMILES string of the molecule is Cc1c(N=C2OC[C@@H]3C(O)=CCN23)ccc(C#N)c1Cl. The number of aliphatic hydroxyl groups is 1. The lowest BCUT2D eigenvalue weighted by atomic mass is 10.1. The van der Waals surface area contributed by atoms with Gasteiger partial charge in [-0.3, -0.25) is 0 Å². The molecule has 1 aromatic rings. The van der Waals surface area contributed by atoms with E-state index in [4.69, 9.17) is 21.6 Å². The first-order chi connectivity index (χ1) is 9.61.